The van der Waals surface area contributed by atoms with Gasteiger partial charge in [-0.25, -0.2) is 0 Å². The molecular weight excluding hydrogens is 368 g/mol. The zero-order valence-corrected chi connectivity index (χ0v) is 16.7. The van der Waals surface area contributed by atoms with Crippen molar-refractivity contribution >= 4 is 23.4 Å². The molecule has 0 aliphatic carbocycles. The van der Waals surface area contributed by atoms with E-state index in [4.69, 9.17) is 21.1 Å². The van der Waals surface area contributed by atoms with E-state index in [1.807, 2.05) is 17.0 Å². The minimum absolute atomic E-state index is 0.0551. The standard InChI is InChI=1S/C20H27ClN2O4/c1-3-15(4-2)23-12-14(11-18(23)24)20(25)22-6-5-13-9-16(21)19-17(10-13)26-7-8-27-19/h9-10,14-15H,3-8,11-12H2,1-2H3,(H,22,25). The third-order valence-electron chi connectivity index (χ3n) is 5.28. The fraction of sp³-hybridized carbons (Fsp3) is 0.600. The molecule has 2 aliphatic heterocycles. The number of likely N-dealkylation sites (tertiary alicyclic amines) is 1. The highest BCUT2D eigenvalue weighted by Gasteiger charge is 2.36. The first-order chi connectivity index (χ1) is 13.0. The molecular formula is C20H27ClN2O4. The highest BCUT2D eigenvalue weighted by atomic mass is 35.5. The number of halogens is 1. The summed E-state index contributed by atoms with van der Waals surface area (Å²) in [5, 5.41) is 3.48. The predicted octanol–water partition coefficient (Wildman–Crippen LogP) is 2.81. The van der Waals surface area contributed by atoms with Crippen LogP contribution < -0.4 is 14.8 Å². The lowest BCUT2D eigenvalue weighted by atomic mass is 10.1. The average molecular weight is 395 g/mol. The van der Waals surface area contributed by atoms with Gasteiger partial charge in [0.25, 0.3) is 0 Å². The van der Waals surface area contributed by atoms with Gasteiger partial charge in [-0.2, -0.15) is 0 Å². The van der Waals surface area contributed by atoms with Crippen LogP contribution in [0.3, 0.4) is 0 Å². The van der Waals surface area contributed by atoms with Crippen LogP contribution in [-0.4, -0.2) is 49.1 Å². The van der Waals surface area contributed by atoms with Gasteiger partial charge in [-0.15, -0.1) is 0 Å². The van der Waals surface area contributed by atoms with Gasteiger partial charge in [0.05, 0.1) is 10.9 Å². The maximum absolute atomic E-state index is 12.5. The van der Waals surface area contributed by atoms with Gasteiger partial charge >= 0.3 is 0 Å². The number of ether oxygens (including phenoxy) is 2. The van der Waals surface area contributed by atoms with Crippen LogP contribution in [0, 0.1) is 5.92 Å². The SMILES string of the molecule is CCC(CC)N1CC(C(=O)NCCc2cc(Cl)c3c(c2)OCCO3)CC1=O. The van der Waals surface area contributed by atoms with Gasteiger partial charge in [0.1, 0.15) is 13.2 Å². The average Bonchev–Trinajstić information content (AvgIpc) is 3.05. The summed E-state index contributed by atoms with van der Waals surface area (Å²) in [6.07, 6.45) is 2.78. The molecule has 7 heteroatoms. The highest BCUT2D eigenvalue weighted by Crippen LogP contribution is 2.38. The Balaban J connectivity index is 1.52. The fourth-order valence-corrected chi connectivity index (χ4v) is 4.06. The molecule has 0 bridgehead atoms. The third kappa shape index (κ3) is 4.49. The summed E-state index contributed by atoms with van der Waals surface area (Å²) < 4.78 is 11.1. The van der Waals surface area contributed by atoms with Gasteiger partial charge in [0.2, 0.25) is 11.8 Å². The van der Waals surface area contributed by atoms with E-state index >= 15 is 0 Å². The van der Waals surface area contributed by atoms with Crippen LogP contribution in [0.4, 0.5) is 0 Å². The topological polar surface area (TPSA) is 67.9 Å². The van der Waals surface area contributed by atoms with Crippen molar-refractivity contribution < 1.29 is 19.1 Å². The first-order valence-corrected chi connectivity index (χ1v) is 10.1. The van der Waals surface area contributed by atoms with Crippen LogP contribution in [0.15, 0.2) is 12.1 Å². The van der Waals surface area contributed by atoms with Gasteiger partial charge in [-0.3, -0.25) is 9.59 Å². The highest BCUT2D eigenvalue weighted by molar-refractivity contribution is 6.32. The molecule has 2 aliphatic rings. The van der Waals surface area contributed by atoms with E-state index in [9.17, 15) is 9.59 Å². The lowest BCUT2D eigenvalue weighted by Gasteiger charge is -2.26. The number of hydrogen-bond acceptors (Lipinski definition) is 4. The third-order valence-corrected chi connectivity index (χ3v) is 5.56. The molecule has 0 aromatic heterocycles. The number of hydrogen-bond donors (Lipinski definition) is 1. The monoisotopic (exact) mass is 394 g/mol. The summed E-state index contributed by atoms with van der Waals surface area (Å²) in [4.78, 5) is 26.6. The predicted molar refractivity (Wildman–Crippen MR) is 103 cm³/mol. The molecule has 0 saturated carbocycles. The molecule has 27 heavy (non-hydrogen) atoms. The minimum atomic E-state index is -0.262. The first-order valence-electron chi connectivity index (χ1n) is 9.68. The summed E-state index contributed by atoms with van der Waals surface area (Å²) in [5.41, 5.74) is 0.978. The van der Waals surface area contributed by atoms with Crippen molar-refractivity contribution in [3.05, 3.63) is 22.7 Å². The van der Waals surface area contributed by atoms with Crippen LogP contribution in [0.5, 0.6) is 11.5 Å². The smallest absolute Gasteiger partial charge is 0.225 e. The molecule has 2 amide bonds. The Kier molecular flexibility index (Phi) is 6.47. The zero-order valence-electron chi connectivity index (χ0n) is 15.9. The number of nitrogens with one attached hydrogen (secondary N) is 1. The molecule has 1 fully saturated rings. The summed E-state index contributed by atoms with van der Waals surface area (Å²) in [7, 11) is 0. The van der Waals surface area contributed by atoms with Gasteiger partial charge in [-0.05, 0) is 37.0 Å². The summed E-state index contributed by atoms with van der Waals surface area (Å²) >= 11 is 6.25. The minimum Gasteiger partial charge on any atom is -0.486 e. The Morgan fingerprint density at radius 3 is 2.78 bits per heavy atom. The van der Waals surface area contributed by atoms with E-state index in [1.54, 1.807) is 0 Å². The van der Waals surface area contributed by atoms with Crippen molar-refractivity contribution in [2.45, 2.75) is 45.6 Å². The molecule has 1 saturated heterocycles. The van der Waals surface area contributed by atoms with Gasteiger partial charge in [0.15, 0.2) is 11.5 Å². The van der Waals surface area contributed by atoms with Crippen LogP contribution in [0.25, 0.3) is 0 Å². The van der Waals surface area contributed by atoms with Crippen LogP contribution in [0.2, 0.25) is 5.02 Å². The number of amides is 2. The number of carbonyl (C=O) groups is 2. The lowest BCUT2D eigenvalue weighted by molar-refractivity contribution is -0.130. The second kappa shape index (κ2) is 8.83. The van der Waals surface area contributed by atoms with Gasteiger partial charge in [-0.1, -0.05) is 25.4 Å². The zero-order chi connectivity index (χ0) is 19.4. The molecule has 1 atom stereocenters. The number of fused-ring (bicyclic) bond motifs is 1. The number of rotatable bonds is 7. The molecule has 3 rings (SSSR count). The van der Waals surface area contributed by atoms with Gasteiger partial charge < -0.3 is 19.7 Å². The molecule has 1 unspecified atom stereocenters. The van der Waals surface area contributed by atoms with E-state index < -0.39 is 0 Å². The maximum Gasteiger partial charge on any atom is 0.225 e. The Labute approximate surface area is 165 Å². The van der Waals surface area contributed by atoms with Crippen LogP contribution in [0.1, 0.15) is 38.7 Å². The second-order valence-electron chi connectivity index (χ2n) is 7.06. The Bertz CT molecular complexity index is 705. The van der Waals surface area contributed by atoms with Crippen molar-refractivity contribution in [3.8, 4) is 11.5 Å². The quantitative estimate of drug-likeness (QED) is 0.772. The summed E-state index contributed by atoms with van der Waals surface area (Å²) in [5.74, 6) is 1.00. The van der Waals surface area contributed by atoms with Crippen LogP contribution in [-0.2, 0) is 16.0 Å². The van der Waals surface area contributed by atoms with Crippen molar-refractivity contribution in [1.29, 1.82) is 0 Å². The molecule has 148 valence electrons. The first kappa shape index (κ1) is 19.8. The van der Waals surface area contributed by atoms with E-state index in [0.717, 1.165) is 18.4 Å². The van der Waals surface area contributed by atoms with E-state index in [0.29, 0.717) is 55.7 Å². The largest absolute Gasteiger partial charge is 0.486 e. The van der Waals surface area contributed by atoms with Crippen molar-refractivity contribution in [3.63, 3.8) is 0 Å². The molecule has 0 spiro atoms. The van der Waals surface area contributed by atoms with Crippen molar-refractivity contribution in [2.24, 2.45) is 5.92 Å². The van der Waals surface area contributed by atoms with E-state index in [2.05, 4.69) is 19.2 Å². The van der Waals surface area contributed by atoms with Crippen LogP contribution >= 0.6 is 11.6 Å². The van der Waals surface area contributed by atoms with Crippen molar-refractivity contribution in [2.75, 3.05) is 26.3 Å². The second-order valence-corrected chi connectivity index (χ2v) is 7.47. The molecule has 1 N–H and O–H groups in total. The number of benzene rings is 1. The Morgan fingerprint density at radius 1 is 1.30 bits per heavy atom. The lowest BCUT2D eigenvalue weighted by Crippen LogP contribution is -2.38. The maximum atomic E-state index is 12.5. The van der Waals surface area contributed by atoms with E-state index in [-0.39, 0.29) is 23.8 Å². The van der Waals surface area contributed by atoms with Gasteiger partial charge in [0, 0.05) is 25.6 Å². The summed E-state index contributed by atoms with van der Waals surface area (Å²) in [6, 6.07) is 3.98. The van der Waals surface area contributed by atoms with E-state index in [1.165, 1.54) is 0 Å². The fourth-order valence-electron chi connectivity index (χ4n) is 3.77. The molecule has 1 aromatic carbocycles. The Hall–Kier alpha value is -1.95. The number of carbonyl (C=O) groups excluding carboxylic acids is 2. The number of nitrogens with zero attached hydrogens (tertiary/aromatic N) is 1. The summed E-state index contributed by atoms with van der Waals surface area (Å²) in [6.45, 7) is 6.17. The molecule has 1 aromatic rings. The normalized spacial score (nSPS) is 18.9. The molecule has 2 heterocycles. The molecule has 6 nitrogen and oxygen atoms in total. The Morgan fingerprint density at radius 2 is 2.04 bits per heavy atom. The van der Waals surface area contributed by atoms with Crippen molar-refractivity contribution in [1.82, 2.24) is 10.2 Å². The molecule has 0 radical (unpaired) electrons.